The summed E-state index contributed by atoms with van der Waals surface area (Å²) in [6.07, 6.45) is 7.82. The predicted molar refractivity (Wildman–Crippen MR) is 42.6 cm³/mol. The highest BCUT2D eigenvalue weighted by Crippen LogP contribution is 2.13. The first-order valence-electron chi connectivity index (χ1n) is 3.32. The first-order chi connectivity index (χ1) is 4.86. The Balaban J connectivity index is 2.39. The van der Waals surface area contributed by atoms with E-state index in [0.29, 0.717) is 0 Å². The zero-order valence-electron chi connectivity index (χ0n) is 5.78. The Bertz CT molecular complexity index is 269. The Hall–Kier alpha value is -1.18. The van der Waals surface area contributed by atoms with Gasteiger partial charge in [-0.15, -0.1) is 0 Å². The summed E-state index contributed by atoms with van der Waals surface area (Å²) in [7, 11) is 0. The maximum Gasteiger partial charge on any atom is 0.112 e. The summed E-state index contributed by atoms with van der Waals surface area (Å²) >= 11 is 0. The minimum atomic E-state index is 0.213. The topological polar surface area (TPSA) is 24.7 Å². The highest BCUT2D eigenvalue weighted by atomic mass is 15.0. The summed E-state index contributed by atoms with van der Waals surface area (Å²) in [6.45, 7) is 2.07. The highest BCUT2D eigenvalue weighted by molar-refractivity contribution is 6.08. The molecule has 50 valence electrons. The van der Waals surface area contributed by atoms with Crippen molar-refractivity contribution in [2.45, 2.75) is 13.0 Å². The molecule has 0 aromatic heterocycles. The van der Waals surface area contributed by atoms with Gasteiger partial charge in [0.15, 0.2) is 0 Å². The van der Waals surface area contributed by atoms with E-state index in [1.54, 1.807) is 6.34 Å². The second-order valence-corrected chi connectivity index (χ2v) is 2.51. The SMILES string of the molecule is CC1=CC2N=CN=C2C=C1. The second kappa shape index (κ2) is 1.90. The van der Waals surface area contributed by atoms with Crippen molar-refractivity contribution in [3.8, 4) is 0 Å². The molecular formula is C8H8N2. The largest absolute Gasteiger partial charge is 0.260 e. The van der Waals surface area contributed by atoms with E-state index in [1.807, 2.05) is 6.08 Å². The van der Waals surface area contributed by atoms with Crippen LogP contribution in [0.5, 0.6) is 0 Å². The van der Waals surface area contributed by atoms with Gasteiger partial charge >= 0.3 is 0 Å². The average Bonchev–Trinajstić information content (AvgIpc) is 2.33. The molecule has 0 bridgehead atoms. The molecule has 0 N–H and O–H groups in total. The molecule has 1 aliphatic heterocycles. The Morgan fingerprint density at radius 3 is 3.20 bits per heavy atom. The molecule has 0 aromatic rings. The molecule has 2 rings (SSSR count). The molecule has 1 aliphatic carbocycles. The van der Waals surface area contributed by atoms with Crippen LogP contribution in [0, 0.1) is 0 Å². The summed E-state index contributed by atoms with van der Waals surface area (Å²) in [5.74, 6) is 0. The number of hydrogen-bond acceptors (Lipinski definition) is 2. The monoisotopic (exact) mass is 132 g/mol. The lowest BCUT2D eigenvalue weighted by Crippen LogP contribution is -2.12. The second-order valence-electron chi connectivity index (χ2n) is 2.51. The summed E-state index contributed by atoms with van der Waals surface area (Å²) in [5.41, 5.74) is 2.33. The van der Waals surface area contributed by atoms with Crippen LogP contribution >= 0.6 is 0 Å². The Morgan fingerprint density at radius 2 is 2.30 bits per heavy atom. The molecule has 2 heteroatoms. The molecule has 1 unspecified atom stereocenters. The molecule has 10 heavy (non-hydrogen) atoms. The van der Waals surface area contributed by atoms with Crippen LogP contribution in [0.15, 0.2) is 33.8 Å². The molecule has 0 saturated carbocycles. The zero-order valence-corrected chi connectivity index (χ0v) is 5.78. The van der Waals surface area contributed by atoms with E-state index in [4.69, 9.17) is 0 Å². The van der Waals surface area contributed by atoms with Crippen molar-refractivity contribution in [1.82, 2.24) is 0 Å². The summed E-state index contributed by atoms with van der Waals surface area (Å²) in [6, 6.07) is 0.213. The minimum Gasteiger partial charge on any atom is -0.260 e. The van der Waals surface area contributed by atoms with E-state index in [9.17, 15) is 0 Å². The third-order valence-electron chi connectivity index (χ3n) is 1.67. The molecule has 0 saturated heterocycles. The quantitative estimate of drug-likeness (QED) is 0.475. The smallest absolute Gasteiger partial charge is 0.112 e. The van der Waals surface area contributed by atoms with Crippen LogP contribution < -0.4 is 0 Å². The van der Waals surface area contributed by atoms with E-state index in [2.05, 4.69) is 29.1 Å². The maximum atomic E-state index is 4.15. The number of fused-ring (bicyclic) bond motifs is 1. The fourth-order valence-corrected chi connectivity index (χ4v) is 1.12. The van der Waals surface area contributed by atoms with Gasteiger partial charge in [-0.1, -0.05) is 17.7 Å². The molecule has 1 atom stereocenters. The lowest BCUT2D eigenvalue weighted by Gasteiger charge is -2.07. The summed E-state index contributed by atoms with van der Waals surface area (Å²) < 4.78 is 0. The number of rotatable bonds is 0. The number of aliphatic imine (C=N–C) groups is 2. The van der Waals surface area contributed by atoms with Gasteiger partial charge in [-0.2, -0.15) is 0 Å². The summed E-state index contributed by atoms with van der Waals surface area (Å²) in [5, 5.41) is 0. The number of allylic oxidation sites excluding steroid dienone is 2. The molecule has 0 amide bonds. The van der Waals surface area contributed by atoms with Crippen molar-refractivity contribution < 1.29 is 0 Å². The first-order valence-corrected chi connectivity index (χ1v) is 3.32. The van der Waals surface area contributed by atoms with Crippen LogP contribution in [-0.2, 0) is 0 Å². The minimum absolute atomic E-state index is 0.213. The number of hydrogen-bond donors (Lipinski definition) is 0. The van der Waals surface area contributed by atoms with E-state index in [1.165, 1.54) is 5.57 Å². The van der Waals surface area contributed by atoms with Gasteiger partial charge in [0.2, 0.25) is 0 Å². The standard InChI is InChI=1S/C8H8N2/c1-6-2-3-7-8(4-6)10-5-9-7/h2-5,8H,1H3. The third-order valence-corrected chi connectivity index (χ3v) is 1.67. The van der Waals surface area contributed by atoms with Crippen LogP contribution in [0.25, 0.3) is 0 Å². The molecular weight excluding hydrogens is 124 g/mol. The zero-order chi connectivity index (χ0) is 6.97. The molecule has 1 heterocycles. The molecule has 2 nitrogen and oxygen atoms in total. The molecule has 2 aliphatic rings. The van der Waals surface area contributed by atoms with Gasteiger partial charge < -0.3 is 0 Å². The first kappa shape index (κ1) is 5.59. The molecule has 0 aromatic carbocycles. The van der Waals surface area contributed by atoms with E-state index >= 15 is 0 Å². The average molecular weight is 132 g/mol. The van der Waals surface area contributed by atoms with Gasteiger partial charge in [0.25, 0.3) is 0 Å². The van der Waals surface area contributed by atoms with Gasteiger partial charge in [-0.3, -0.25) is 4.99 Å². The fourth-order valence-electron chi connectivity index (χ4n) is 1.12. The lowest BCUT2D eigenvalue weighted by atomic mass is 10.0. The molecule has 0 fully saturated rings. The van der Waals surface area contributed by atoms with E-state index in [-0.39, 0.29) is 6.04 Å². The van der Waals surface area contributed by atoms with Gasteiger partial charge in [0, 0.05) is 0 Å². The van der Waals surface area contributed by atoms with Crippen molar-refractivity contribution in [2.75, 3.05) is 0 Å². The Morgan fingerprint density at radius 1 is 1.40 bits per heavy atom. The Kier molecular flexibility index (Phi) is 1.07. The van der Waals surface area contributed by atoms with Crippen LogP contribution in [0.2, 0.25) is 0 Å². The van der Waals surface area contributed by atoms with E-state index in [0.717, 1.165) is 5.71 Å². The van der Waals surface area contributed by atoms with Crippen molar-refractivity contribution in [3.05, 3.63) is 23.8 Å². The van der Waals surface area contributed by atoms with Gasteiger partial charge in [0.05, 0.1) is 5.71 Å². The normalized spacial score (nSPS) is 27.9. The van der Waals surface area contributed by atoms with Crippen molar-refractivity contribution in [2.24, 2.45) is 9.98 Å². The van der Waals surface area contributed by atoms with Crippen LogP contribution in [0.3, 0.4) is 0 Å². The summed E-state index contributed by atoms with van der Waals surface area (Å²) in [4.78, 5) is 8.24. The fraction of sp³-hybridized carbons (Fsp3) is 0.250. The highest BCUT2D eigenvalue weighted by Gasteiger charge is 2.15. The maximum absolute atomic E-state index is 4.15. The van der Waals surface area contributed by atoms with Crippen molar-refractivity contribution in [3.63, 3.8) is 0 Å². The van der Waals surface area contributed by atoms with Gasteiger partial charge in [-0.05, 0) is 13.0 Å². The van der Waals surface area contributed by atoms with Crippen LogP contribution in [0.4, 0.5) is 0 Å². The van der Waals surface area contributed by atoms with Crippen molar-refractivity contribution >= 4 is 12.1 Å². The third kappa shape index (κ3) is 0.727. The lowest BCUT2D eigenvalue weighted by molar-refractivity contribution is 1.09. The Labute approximate surface area is 59.7 Å². The van der Waals surface area contributed by atoms with Crippen molar-refractivity contribution in [1.29, 1.82) is 0 Å². The van der Waals surface area contributed by atoms with Crippen LogP contribution in [-0.4, -0.2) is 18.1 Å². The molecule has 0 radical (unpaired) electrons. The van der Waals surface area contributed by atoms with E-state index < -0.39 is 0 Å². The number of nitrogens with zero attached hydrogens (tertiary/aromatic N) is 2. The van der Waals surface area contributed by atoms with Crippen LogP contribution in [0.1, 0.15) is 6.92 Å². The predicted octanol–water partition coefficient (Wildman–Crippen LogP) is 1.35. The molecule has 0 spiro atoms. The van der Waals surface area contributed by atoms with Gasteiger partial charge in [-0.25, -0.2) is 4.99 Å². The van der Waals surface area contributed by atoms with Gasteiger partial charge in [0.1, 0.15) is 12.4 Å².